The number of aromatic nitrogens is 5. The molecule has 2 aromatic carbocycles. The molecule has 39 heavy (non-hydrogen) atoms. The number of aliphatic hydroxyl groups is 1. The predicted octanol–water partition coefficient (Wildman–Crippen LogP) is 1.94. The van der Waals surface area contributed by atoms with Crippen LogP contribution in [-0.4, -0.2) is 60.0 Å². The summed E-state index contributed by atoms with van der Waals surface area (Å²) in [6.45, 7) is 4.92. The standard InChI is InChI=1S/C24H24N8O3.C2H4O2/c1-2-15-12-17(14-19(13-15)35-11-10-33)20(29-18-6-4-16(5-7-18)21(25)26)22-30-24(34)32(31-22)23-27-8-3-9-28-23;1-2(3)4/h2-9,12-14,20,29,33H,1,10-11H2,(H3,25,26)(H,30,31,34);1H3,(H,3,4). The third kappa shape index (κ3) is 7.84. The number of amidine groups is 1. The van der Waals surface area contributed by atoms with Gasteiger partial charge in [-0.3, -0.25) is 15.2 Å². The lowest BCUT2D eigenvalue weighted by atomic mass is 10.0. The van der Waals surface area contributed by atoms with Crippen molar-refractivity contribution >= 4 is 23.6 Å². The summed E-state index contributed by atoms with van der Waals surface area (Å²) in [5, 5.41) is 32.0. The molecule has 0 bridgehead atoms. The fraction of sp³-hybridized carbons (Fsp3) is 0.154. The second kappa shape index (κ2) is 13.3. The van der Waals surface area contributed by atoms with Crippen LogP contribution in [0, 0.1) is 5.41 Å². The molecule has 0 spiro atoms. The first-order valence-electron chi connectivity index (χ1n) is 11.6. The minimum absolute atomic E-state index is 0.0385. The Morgan fingerprint density at radius 1 is 1.26 bits per heavy atom. The molecular weight excluding hydrogens is 504 g/mol. The maximum Gasteiger partial charge on any atom is 0.350 e. The number of nitrogen functional groups attached to an aromatic ring is 1. The number of ether oxygens (including phenoxy) is 1. The van der Waals surface area contributed by atoms with Gasteiger partial charge in [0.1, 0.15) is 24.2 Å². The van der Waals surface area contributed by atoms with Crippen molar-refractivity contribution in [2.45, 2.75) is 13.0 Å². The number of hydrogen-bond acceptors (Lipinski definition) is 9. The molecule has 0 fully saturated rings. The number of nitrogens with two attached hydrogens (primary N) is 1. The van der Waals surface area contributed by atoms with Crippen molar-refractivity contribution in [3.8, 4) is 11.7 Å². The lowest BCUT2D eigenvalue weighted by molar-refractivity contribution is -0.134. The van der Waals surface area contributed by atoms with Crippen LogP contribution in [0.15, 0.2) is 72.3 Å². The summed E-state index contributed by atoms with van der Waals surface area (Å²) in [6.07, 6.45) is 4.72. The van der Waals surface area contributed by atoms with E-state index in [9.17, 15) is 4.79 Å². The van der Waals surface area contributed by atoms with Crippen molar-refractivity contribution in [2.24, 2.45) is 5.73 Å². The highest BCUT2D eigenvalue weighted by Crippen LogP contribution is 2.29. The zero-order valence-corrected chi connectivity index (χ0v) is 21.0. The topological polar surface area (TPSA) is 205 Å². The van der Waals surface area contributed by atoms with Gasteiger partial charge in [-0.2, -0.15) is 0 Å². The molecule has 0 amide bonds. The molecule has 13 nitrogen and oxygen atoms in total. The van der Waals surface area contributed by atoms with Crippen LogP contribution in [0.3, 0.4) is 0 Å². The number of benzene rings is 2. The number of carboxylic acids is 1. The molecule has 0 saturated carbocycles. The number of aliphatic hydroxyl groups excluding tert-OH is 1. The van der Waals surface area contributed by atoms with E-state index in [-0.39, 0.29) is 25.0 Å². The van der Waals surface area contributed by atoms with Crippen LogP contribution in [0.1, 0.15) is 35.5 Å². The normalized spacial score (nSPS) is 11.0. The largest absolute Gasteiger partial charge is 0.491 e. The number of aromatic amines is 1. The van der Waals surface area contributed by atoms with Crippen molar-refractivity contribution < 1.29 is 19.7 Å². The third-order valence-electron chi connectivity index (χ3n) is 5.04. The molecule has 7 N–H and O–H groups in total. The van der Waals surface area contributed by atoms with Gasteiger partial charge in [-0.1, -0.05) is 12.7 Å². The van der Waals surface area contributed by atoms with Crippen LogP contribution in [0.25, 0.3) is 12.0 Å². The van der Waals surface area contributed by atoms with Crippen molar-refractivity contribution in [1.29, 1.82) is 5.41 Å². The average molecular weight is 533 g/mol. The van der Waals surface area contributed by atoms with Gasteiger partial charge in [0.15, 0.2) is 5.82 Å². The number of H-pyrrole nitrogens is 1. The van der Waals surface area contributed by atoms with Gasteiger partial charge in [0.2, 0.25) is 0 Å². The van der Waals surface area contributed by atoms with Gasteiger partial charge in [-0.15, -0.1) is 9.78 Å². The molecule has 0 aliphatic carbocycles. The summed E-state index contributed by atoms with van der Waals surface area (Å²) in [5.41, 5.74) is 7.86. The monoisotopic (exact) mass is 532 g/mol. The van der Waals surface area contributed by atoms with Crippen LogP contribution in [0.4, 0.5) is 5.69 Å². The highest BCUT2D eigenvalue weighted by Gasteiger charge is 2.22. The fourth-order valence-corrected chi connectivity index (χ4v) is 3.41. The Labute approximate surface area is 223 Å². The van der Waals surface area contributed by atoms with Gasteiger partial charge in [0.25, 0.3) is 11.9 Å². The van der Waals surface area contributed by atoms with E-state index < -0.39 is 17.7 Å². The van der Waals surface area contributed by atoms with Gasteiger partial charge in [0, 0.05) is 30.6 Å². The molecule has 1 unspecified atom stereocenters. The zero-order chi connectivity index (χ0) is 28.4. The zero-order valence-electron chi connectivity index (χ0n) is 21.0. The summed E-state index contributed by atoms with van der Waals surface area (Å²) in [7, 11) is 0. The van der Waals surface area contributed by atoms with Gasteiger partial charge >= 0.3 is 5.69 Å². The number of anilines is 1. The minimum atomic E-state index is -0.833. The molecular formula is C26H28N8O5. The Bertz CT molecular complexity index is 1480. The summed E-state index contributed by atoms with van der Waals surface area (Å²) in [5.74, 6) is 0.102. The van der Waals surface area contributed by atoms with Gasteiger partial charge in [0.05, 0.1) is 6.61 Å². The number of hydrogen-bond donors (Lipinski definition) is 6. The maximum atomic E-state index is 12.7. The Kier molecular flexibility index (Phi) is 9.64. The van der Waals surface area contributed by atoms with E-state index in [1.807, 2.05) is 6.07 Å². The van der Waals surface area contributed by atoms with E-state index in [0.717, 1.165) is 22.7 Å². The number of carbonyl (C=O) groups is 1. The Balaban J connectivity index is 0.000000983. The van der Waals surface area contributed by atoms with Crippen LogP contribution in [-0.2, 0) is 4.79 Å². The Morgan fingerprint density at radius 2 is 1.92 bits per heavy atom. The van der Waals surface area contributed by atoms with Crippen LogP contribution in [0.2, 0.25) is 0 Å². The molecule has 0 aliphatic heterocycles. The second-order valence-corrected chi connectivity index (χ2v) is 7.97. The predicted molar refractivity (Wildman–Crippen MR) is 145 cm³/mol. The molecule has 4 aromatic rings. The van der Waals surface area contributed by atoms with Gasteiger partial charge < -0.3 is 26.0 Å². The average Bonchev–Trinajstić information content (AvgIpc) is 3.31. The van der Waals surface area contributed by atoms with Crippen LogP contribution >= 0.6 is 0 Å². The SMILES string of the molecule is C=Cc1cc(OCCO)cc(C(Nc2ccc(C(=N)N)cc2)c2nn(-c3ncccn3)c(=O)[nH]2)c1.CC(=O)O. The van der Waals surface area contributed by atoms with Crippen LogP contribution < -0.4 is 21.5 Å². The molecule has 2 heterocycles. The number of carboxylic acid groups (broad SMARTS) is 1. The first-order chi connectivity index (χ1) is 18.7. The fourth-order valence-electron chi connectivity index (χ4n) is 3.41. The highest BCUT2D eigenvalue weighted by atomic mass is 16.5. The van der Waals surface area contributed by atoms with E-state index >= 15 is 0 Å². The third-order valence-corrected chi connectivity index (χ3v) is 5.04. The number of rotatable bonds is 10. The quantitative estimate of drug-likeness (QED) is 0.129. The first kappa shape index (κ1) is 28.3. The molecule has 2 aromatic heterocycles. The summed E-state index contributed by atoms with van der Waals surface area (Å²) in [6, 6.07) is 13.5. The van der Waals surface area contributed by atoms with Gasteiger partial charge in [-0.05, 0) is 59.7 Å². The van der Waals surface area contributed by atoms with E-state index in [4.69, 9.17) is 30.9 Å². The van der Waals surface area contributed by atoms with Crippen molar-refractivity contribution in [3.63, 3.8) is 0 Å². The first-order valence-corrected chi connectivity index (χ1v) is 11.6. The molecule has 0 aliphatic rings. The molecule has 1 atom stereocenters. The second-order valence-electron chi connectivity index (χ2n) is 7.97. The lowest BCUT2D eigenvalue weighted by Crippen LogP contribution is -2.18. The summed E-state index contributed by atoms with van der Waals surface area (Å²) < 4.78 is 6.72. The smallest absolute Gasteiger partial charge is 0.350 e. The van der Waals surface area contributed by atoms with Gasteiger partial charge in [-0.25, -0.2) is 14.8 Å². The number of nitrogens with one attached hydrogen (secondary N) is 3. The maximum absolute atomic E-state index is 12.7. The van der Waals surface area contributed by atoms with E-state index in [1.54, 1.807) is 48.5 Å². The minimum Gasteiger partial charge on any atom is -0.491 e. The van der Waals surface area contributed by atoms with Crippen LogP contribution in [0.5, 0.6) is 5.75 Å². The van der Waals surface area contributed by atoms with Crippen molar-refractivity contribution in [1.82, 2.24) is 24.7 Å². The summed E-state index contributed by atoms with van der Waals surface area (Å²) >= 11 is 0. The van der Waals surface area contributed by atoms with E-state index in [2.05, 4.69) is 31.9 Å². The Hall–Kier alpha value is -5.30. The van der Waals surface area contributed by atoms with Crippen molar-refractivity contribution in [3.05, 3.63) is 101 Å². The molecule has 0 saturated heterocycles. The molecule has 13 heteroatoms. The summed E-state index contributed by atoms with van der Waals surface area (Å²) in [4.78, 5) is 32.7. The van der Waals surface area contributed by atoms with E-state index in [1.165, 1.54) is 12.4 Å². The number of nitrogens with zero attached hydrogens (tertiary/aromatic N) is 4. The highest BCUT2D eigenvalue weighted by molar-refractivity contribution is 5.95. The molecule has 202 valence electrons. The van der Waals surface area contributed by atoms with E-state index in [0.29, 0.717) is 22.8 Å². The lowest BCUT2D eigenvalue weighted by Gasteiger charge is -2.20. The molecule has 4 rings (SSSR count). The van der Waals surface area contributed by atoms with Crippen molar-refractivity contribution in [2.75, 3.05) is 18.5 Å². The molecule has 0 radical (unpaired) electrons. The Morgan fingerprint density at radius 3 is 2.51 bits per heavy atom. The number of aliphatic carboxylic acids is 1.